The minimum Gasteiger partial charge on any atom is -0.316 e. The lowest BCUT2D eigenvalue weighted by Gasteiger charge is -2.22. The summed E-state index contributed by atoms with van der Waals surface area (Å²) in [5.74, 6) is 1.67. The van der Waals surface area contributed by atoms with Crippen molar-refractivity contribution >= 4 is 11.6 Å². The lowest BCUT2D eigenvalue weighted by Crippen LogP contribution is -2.38. The number of hydrogen-bond acceptors (Lipinski definition) is 3. The van der Waals surface area contributed by atoms with Gasteiger partial charge in [0.05, 0.1) is 6.54 Å². The van der Waals surface area contributed by atoms with Crippen molar-refractivity contribution in [3.63, 3.8) is 0 Å². The molecular formula is C15H21N3O. The van der Waals surface area contributed by atoms with Gasteiger partial charge in [-0.25, -0.2) is 0 Å². The van der Waals surface area contributed by atoms with Crippen molar-refractivity contribution < 1.29 is 4.79 Å². The van der Waals surface area contributed by atoms with Crippen molar-refractivity contribution in [1.82, 2.24) is 10.2 Å². The Balaban J connectivity index is 1.57. The molecule has 3 rings (SSSR count). The summed E-state index contributed by atoms with van der Waals surface area (Å²) in [6.07, 6.45) is 0. The average Bonchev–Trinajstić information content (AvgIpc) is 2.99. The molecule has 2 fully saturated rings. The predicted molar refractivity (Wildman–Crippen MR) is 76.1 cm³/mol. The summed E-state index contributed by atoms with van der Waals surface area (Å²) >= 11 is 0. The number of nitrogens with one attached hydrogen (secondary N) is 1. The normalized spacial score (nSPS) is 26.4. The molecule has 2 aliphatic heterocycles. The van der Waals surface area contributed by atoms with Crippen molar-refractivity contribution in [3.05, 3.63) is 30.3 Å². The Bertz CT molecular complexity index is 436. The van der Waals surface area contributed by atoms with Crippen LogP contribution in [0.15, 0.2) is 30.3 Å². The molecule has 4 nitrogen and oxygen atoms in total. The summed E-state index contributed by atoms with van der Waals surface area (Å²) in [6.45, 7) is 4.89. The minimum atomic E-state index is 0.180. The summed E-state index contributed by atoms with van der Waals surface area (Å²) < 4.78 is 0. The summed E-state index contributed by atoms with van der Waals surface area (Å²) in [7, 11) is 1.86. The molecule has 0 saturated carbocycles. The number of rotatable bonds is 3. The fourth-order valence-corrected chi connectivity index (χ4v) is 3.17. The Hall–Kier alpha value is -1.39. The Morgan fingerprint density at radius 1 is 1.26 bits per heavy atom. The second-order valence-electron chi connectivity index (χ2n) is 5.66. The highest BCUT2D eigenvalue weighted by Gasteiger charge is 2.36. The zero-order chi connectivity index (χ0) is 13.2. The molecule has 2 heterocycles. The van der Waals surface area contributed by atoms with Gasteiger partial charge < -0.3 is 10.2 Å². The molecule has 2 atom stereocenters. The maximum Gasteiger partial charge on any atom is 0.240 e. The van der Waals surface area contributed by atoms with Gasteiger partial charge in [-0.2, -0.15) is 0 Å². The number of hydrogen-bond donors (Lipinski definition) is 1. The van der Waals surface area contributed by atoms with E-state index in [1.165, 1.54) is 0 Å². The van der Waals surface area contributed by atoms with Gasteiger partial charge in [-0.05, 0) is 37.1 Å². The van der Waals surface area contributed by atoms with E-state index in [0.29, 0.717) is 6.54 Å². The molecule has 1 N–H and O–H groups in total. The van der Waals surface area contributed by atoms with Gasteiger partial charge in [-0.1, -0.05) is 18.2 Å². The van der Waals surface area contributed by atoms with E-state index in [4.69, 9.17) is 0 Å². The SMILES string of the molecule is CN(C(=O)CN1C[C@H]2CNC[C@H]2C1)c1ccccc1. The first-order valence-corrected chi connectivity index (χ1v) is 6.98. The number of likely N-dealkylation sites (N-methyl/N-ethyl adjacent to an activating group) is 1. The number of amides is 1. The Kier molecular flexibility index (Phi) is 3.53. The van der Waals surface area contributed by atoms with Gasteiger partial charge in [0, 0.05) is 25.8 Å². The average molecular weight is 259 g/mol. The van der Waals surface area contributed by atoms with E-state index in [0.717, 1.165) is 43.7 Å². The number of anilines is 1. The Labute approximate surface area is 114 Å². The highest BCUT2D eigenvalue weighted by atomic mass is 16.2. The molecule has 19 heavy (non-hydrogen) atoms. The second-order valence-corrected chi connectivity index (χ2v) is 5.66. The summed E-state index contributed by atoms with van der Waals surface area (Å²) in [5, 5.41) is 3.42. The van der Waals surface area contributed by atoms with E-state index in [1.807, 2.05) is 37.4 Å². The minimum absolute atomic E-state index is 0.180. The quantitative estimate of drug-likeness (QED) is 0.872. The molecule has 1 aromatic carbocycles. The molecule has 0 radical (unpaired) electrons. The van der Waals surface area contributed by atoms with Gasteiger partial charge in [0.2, 0.25) is 5.91 Å². The number of benzene rings is 1. The van der Waals surface area contributed by atoms with Crippen LogP contribution < -0.4 is 10.2 Å². The number of para-hydroxylation sites is 1. The predicted octanol–water partition coefficient (Wildman–Crippen LogP) is 0.801. The molecule has 2 aliphatic rings. The first-order valence-electron chi connectivity index (χ1n) is 6.98. The molecule has 0 unspecified atom stereocenters. The molecular weight excluding hydrogens is 238 g/mol. The smallest absolute Gasteiger partial charge is 0.240 e. The van der Waals surface area contributed by atoms with Crippen LogP contribution in [0.4, 0.5) is 5.69 Å². The standard InChI is InChI=1S/C15H21N3O/c1-17(14-5-3-2-4-6-14)15(19)11-18-9-12-7-16-8-13(12)10-18/h2-6,12-13,16H,7-11H2,1H3/t12-,13+. The third-order valence-electron chi connectivity index (χ3n) is 4.34. The lowest BCUT2D eigenvalue weighted by molar-refractivity contribution is -0.119. The van der Waals surface area contributed by atoms with Crippen LogP contribution in [0.5, 0.6) is 0 Å². The Morgan fingerprint density at radius 2 is 1.89 bits per heavy atom. The third kappa shape index (κ3) is 2.65. The van der Waals surface area contributed by atoms with Crippen LogP contribution in [-0.4, -0.2) is 50.6 Å². The van der Waals surface area contributed by atoms with Crippen LogP contribution in [0.1, 0.15) is 0 Å². The van der Waals surface area contributed by atoms with Gasteiger partial charge in [-0.15, -0.1) is 0 Å². The van der Waals surface area contributed by atoms with Crippen LogP contribution in [0.3, 0.4) is 0 Å². The van der Waals surface area contributed by atoms with Crippen LogP contribution in [0, 0.1) is 11.8 Å². The molecule has 102 valence electrons. The molecule has 0 spiro atoms. The van der Waals surface area contributed by atoms with Crippen LogP contribution >= 0.6 is 0 Å². The third-order valence-corrected chi connectivity index (χ3v) is 4.34. The molecule has 0 aliphatic carbocycles. The summed E-state index contributed by atoms with van der Waals surface area (Å²) in [6, 6.07) is 9.84. The van der Waals surface area contributed by atoms with Crippen molar-refractivity contribution in [1.29, 1.82) is 0 Å². The van der Waals surface area contributed by atoms with E-state index in [1.54, 1.807) is 4.90 Å². The first-order chi connectivity index (χ1) is 9.24. The van der Waals surface area contributed by atoms with Gasteiger partial charge >= 0.3 is 0 Å². The number of nitrogens with zero attached hydrogens (tertiary/aromatic N) is 2. The second kappa shape index (κ2) is 5.31. The van der Waals surface area contributed by atoms with Gasteiger partial charge in [0.25, 0.3) is 0 Å². The molecule has 4 heteroatoms. The number of fused-ring (bicyclic) bond motifs is 1. The molecule has 1 amide bonds. The number of likely N-dealkylation sites (tertiary alicyclic amines) is 1. The largest absolute Gasteiger partial charge is 0.316 e. The highest BCUT2D eigenvalue weighted by Crippen LogP contribution is 2.26. The van der Waals surface area contributed by atoms with Gasteiger partial charge in [-0.3, -0.25) is 9.69 Å². The van der Waals surface area contributed by atoms with Crippen molar-refractivity contribution in [3.8, 4) is 0 Å². The van der Waals surface area contributed by atoms with Crippen molar-refractivity contribution in [2.45, 2.75) is 0 Å². The zero-order valence-corrected chi connectivity index (χ0v) is 11.4. The van der Waals surface area contributed by atoms with Crippen molar-refractivity contribution in [2.24, 2.45) is 11.8 Å². The molecule has 0 bridgehead atoms. The number of carbonyl (C=O) groups is 1. The maximum absolute atomic E-state index is 12.3. The topological polar surface area (TPSA) is 35.6 Å². The highest BCUT2D eigenvalue weighted by molar-refractivity contribution is 5.94. The van der Waals surface area contributed by atoms with E-state index >= 15 is 0 Å². The van der Waals surface area contributed by atoms with Crippen LogP contribution in [0.2, 0.25) is 0 Å². The number of carbonyl (C=O) groups excluding carboxylic acids is 1. The van der Waals surface area contributed by atoms with Crippen LogP contribution in [-0.2, 0) is 4.79 Å². The van der Waals surface area contributed by atoms with E-state index in [2.05, 4.69) is 10.2 Å². The van der Waals surface area contributed by atoms with Crippen molar-refractivity contribution in [2.75, 3.05) is 44.7 Å². The molecule has 0 aromatic heterocycles. The zero-order valence-electron chi connectivity index (χ0n) is 11.4. The van der Waals surface area contributed by atoms with E-state index < -0.39 is 0 Å². The summed E-state index contributed by atoms with van der Waals surface area (Å²) in [5.41, 5.74) is 0.966. The first kappa shape index (κ1) is 12.6. The lowest BCUT2D eigenvalue weighted by atomic mass is 10.0. The maximum atomic E-state index is 12.3. The monoisotopic (exact) mass is 259 g/mol. The summed E-state index contributed by atoms with van der Waals surface area (Å²) in [4.78, 5) is 16.3. The molecule has 1 aromatic rings. The van der Waals surface area contributed by atoms with E-state index in [9.17, 15) is 4.79 Å². The Morgan fingerprint density at radius 3 is 2.53 bits per heavy atom. The fraction of sp³-hybridized carbons (Fsp3) is 0.533. The van der Waals surface area contributed by atoms with Crippen LogP contribution in [0.25, 0.3) is 0 Å². The fourth-order valence-electron chi connectivity index (χ4n) is 3.17. The van der Waals surface area contributed by atoms with E-state index in [-0.39, 0.29) is 5.91 Å². The van der Waals surface area contributed by atoms with Gasteiger partial charge in [0.1, 0.15) is 0 Å². The van der Waals surface area contributed by atoms with Gasteiger partial charge in [0.15, 0.2) is 0 Å². The molecule has 2 saturated heterocycles.